The second-order valence-corrected chi connectivity index (χ2v) is 6.58. The molecule has 0 unspecified atom stereocenters. The minimum absolute atomic E-state index is 0.0535. The number of aliphatic hydroxyl groups excluding tert-OH is 1. The van der Waals surface area contributed by atoms with E-state index in [1.165, 1.54) is 18.4 Å². The van der Waals surface area contributed by atoms with E-state index in [2.05, 4.69) is 36.3 Å². The van der Waals surface area contributed by atoms with E-state index in [-0.39, 0.29) is 13.0 Å². The highest BCUT2D eigenvalue weighted by atomic mass is 79.9. The van der Waals surface area contributed by atoms with Gasteiger partial charge < -0.3 is 15.2 Å². The predicted octanol–water partition coefficient (Wildman–Crippen LogP) is 2.48. The first-order chi connectivity index (χ1) is 11.5. The van der Waals surface area contributed by atoms with Crippen LogP contribution in [0.2, 0.25) is 0 Å². The van der Waals surface area contributed by atoms with Gasteiger partial charge >= 0.3 is 12.0 Å². The summed E-state index contributed by atoms with van der Waals surface area (Å²) in [7, 11) is 1.30. The Balaban J connectivity index is 1.82. The van der Waals surface area contributed by atoms with Crippen LogP contribution in [0, 0.1) is 0 Å². The summed E-state index contributed by atoms with van der Waals surface area (Å²) < 4.78 is 5.41. The lowest BCUT2D eigenvalue weighted by molar-refractivity contribution is -0.139. The number of rotatable bonds is 6. The van der Waals surface area contributed by atoms with E-state index in [0.29, 0.717) is 16.4 Å². The molecule has 9 heteroatoms. The average molecular weight is 414 g/mol. The minimum Gasteiger partial charge on any atom is -0.469 e. The topological polar surface area (TPSA) is 101 Å². The van der Waals surface area contributed by atoms with Crippen LogP contribution in [-0.2, 0) is 16.0 Å². The summed E-state index contributed by atoms with van der Waals surface area (Å²) >= 11 is 4.53. The third-order valence-electron chi connectivity index (χ3n) is 3.01. The fourth-order valence-corrected chi connectivity index (χ4v) is 2.95. The molecule has 2 rings (SSSR count). The van der Waals surface area contributed by atoms with Crippen molar-refractivity contribution >= 4 is 44.4 Å². The van der Waals surface area contributed by atoms with Crippen molar-refractivity contribution in [3.8, 4) is 0 Å². The number of thiazole rings is 1. The molecule has 1 heterocycles. The van der Waals surface area contributed by atoms with Crippen molar-refractivity contribution in [1.82, 2.24) is 10.3 Å². The average Bonchev–Trinajstić information content (AvgIpc) is 2.99. The van der Waals surface area contributed by atoms with Crippen molar-refractivity contribution in [3.05, 3.63) is 45.4 Å². The zero-order valence-corrected chi connectivity index (χ0v) is 15.2. The van der Waals surface area contributed by atoms with Crippen LogP contribution in [0.4, 0.5) is 9.93 Å². The molecule has 0 spiro atoms. The first-order valence-electron chi connectivity index (χ1n) is 6.97. The number of aromatic nitrogens is 1. The number of urea groups is 1. The van der Waals surface area contributed by atoms with Crippen LogP contribution in [-0.4, -0.2) is 35.7 Å². The molecular formula is C15H16BrN3O4S. The van der Waals surface area contributed by atoms with Gasteiger partial charge in [-0.05, 0) is 17.7 Å². The molecule has 2 amide bonds. The molecule has 1 aromatic carbocycles. The molecule has 0 saturated heterocycles. The number of hydrogen-bond acceptors (Lipinski definition) is 6. The van der Waals surface area contributed by atoms with Crippen molar-refractivity contribution in [3.63, 3.8) is 0 Å². The smallest absolute Gasteiger partial charge is 0.321 e. The highest BCUT2D eigenvalue weighted by Crippen LogP contribution is 2.18. The number of halogens is 1. The molecule has 1 aromatic heterocycles. The van der Waals surface area contributed by atoms with E-state index in [1.807, 2.05) is 6.07 Å². The molecule has 7 nitrogen and oxygen atoms in total. The van der Waals surface area contributed by atoms with Gasteiger partial charge in [0.15, 0.2) is 5.13 Å². The summed E-state index contributed by atoms with van der Waals surface area (Å²) in [5.41, 5.74) is 1.22. The summed E-state index contributed by atoms with van der Waals surface area (Å²) in [6.07, 6.45) is -0.767. The van der Waals surface area contributed by atoms with Crippen molar-refractivity contribution in [2.75, 3.05) is 19.0 Å². The number of carbonyl (C=O) groups is 2. The summed E-state index contributed by atoms with van der Waals surface area (Å²) in [5, 5.41) is 17.2. The van der Waals surface area contributed by atoms with Gasteiger partial charge in [-0.25, -0.2) is 9.78 Å². The molecule has 1 atom stereocenters. The standard InChI is InChI=1S/C15H16BrN3O4S/c1-23-13(21)6-11-8-24-15(18-11)19-14(22)17-7-12(20)9-3-2-4-10(16)5-9/h2-5,8,12,20H,6-7H2,1H3,(H2,17,18,19,22)/t12-/m1/s1. The highest BCUT2D eigenvalue weighted by molar-refractivity contribution is 9.10. The molecule has 128 valence electrons. The number of hydrogen-bond donors (Lipinski definition) is 3. The summed E-state index contributed by atoms with van der Waals surface area (Å²) in [6.45, 7) is 0.0582. The number of nitrogens with zero attached hydrogens (tertiary/aromatic N) is 1. The first kappa shape index (κ1) is 18.4. The number of methoxy groups -OCH3 is 1. The van der Waals surface area contributed by atoms with Gasteiger partial charge in [-0.3, -0.25) is 10.1 Å². The van der Waals surface area contributed by atoms with Gasteiger partial charge in [-0.15, -0.1) is 11.3 Å². The maximum atomic E-state index is 11.8. The zero-order valence-electron chi connectivity index (χ0n) is 12.8. The van der Waals surface area contributed by atoms with Gasteiger partial charge in [0, 0.05) is 16.4 Å². The molecule has 3 N–H and O–H groups in total. The van der Waals surface area contributed by atoms with E-state index in [0.717, 1.165) is 4.47 Å². The largest absolute Gasteiger partial charge is 0.469 e. The molecule has 0 aliphatic carbocycles. The predicted molar refractivity (Wildman–Crippen MR) is 94.0 cm³/mol. The van der Waals surface area contributed by atoms with Crippen LogP contribution in [0.5, 0.6) is 0 Å². The third kappa shape index (κ3) is 5.59. The summed E-state index contributed by atoms with van der Waals surface area (Å²) in [5.74, 6) is -0.395. The number of aliphatic hydroxyl groups is 1. The van der Waals surface area contributed by atoms with Crippen LogP contribution in [0.25, 0.3) is 0 Å². The monoisotopic (exact) mass is 413 g/mol. The van der Waals surface area contributed by atoms with E-state index in [4.69, 9.17) is 0 Å². The summed E-state index contributed by atoms with van der Waals surface area (Å²) in [6, 6.07) is 6.73. The van der Waals surface area contributed by atoms with E-state index < -0.39 is 18.1 Å². The number of esters is 1. The molecule has 0 saturated carbocycles. The van der Waals surface area contributed by atoms with Crippen LogP contribution in [0.1, 0.15) is 17.4 Å². The number of benzene rings is 1. The number of carbonyl (C=O) groups excluding carboxylic acids is 2. The third-order valence-corrected chi connectivity index (χ3v) is 4.31. The fraction of sp³-hybridized carbons (Fsp3) is 0.267. The van der Waals surface area contributed by atoms with Crippen LogP contribution < -0.4 is 10.6 Å². The van der Waals surface area contributed by atoms with Gasteiger partial charge in [0.25, 0.3) is 0 Å². The number of anilines is 1. The molecule has 24 heavy (non-hydrogen) atoms. The number of ether oxygens (including phenoxy) is 1. The SMILES string of the molecule is COC(=O)Cc1csc(NC(=O)NC[C@@H](O)c2cccc(Br)c2)n1. The van der Waals surface area contributed by atoms with Gasteiger partial charge in [0.1, 0.15) is 0 Å². The molecule has 0 radical (unpaired) electrons. The van der Waals surface area contributed by atoms with Gasteiger partial charge in [0.05, 0.1) is 25.3 Å². The zero-order chi connectivity index (χ0) is 17.5. The second kappa shape index (κ2) is 8.76. The molecular weight excluding hydrogens is 398 g/mol. The number of nitrogens with one attached hydrogen (secondary N) is 2. The minimum atomic E-state index is -0.820. The maximum absolute atomic E-state index is 11.8. The van der Waals surface area contributed by atoms with Crippen molar-refractivity contribution in [1.29, 1.82) is 0 Å². The Bertz CT molecular complexity index is 722. The lowest BCUT2D eigenvalue weighted by atomic mass is 10.1. The lowest BCUT2D eigenvalue weighted by Crippen LogP contribution is -2.32. The Hall–Kier alpha value is -1.97. The van der Waals surface area contributed by atoms with E-state index in [1.54, 1.807) is 23.6 Å². The Morgan fingerprint density at radius 1 is 1.46 bits per heavy atom. The molecule has 2 aromatic rings. The number of amides is 2. The van der Waals surface area contributed by atoms with Crippen molar-refractivity contribution < 1.29 is 19.4 Å². The maximum Gasteiger partial charge on any atom is 0.321 e. The second-order valence-electron chi connectivity index (χ2n) is 4.80. The van der Waals surface area contributed by atoms with Crippen LogP contribution >= 0.6 is 27.3 Å². The van der Waals surface area contributed by atoms with Crippen molar-refractivity contribution in [2.45, 2.75) is 12.5 Å². The molecule has 0 bridgehead atoms. The summed E-state index contributed by atoms with van der Waals surface area (Å²) in [4.78, 5) is 27.1. The quantitative estimate of drug-likeness (QED) is 0.631. The molecule has 0 aliphatic rings. The Kier molecular flexibility index (Phi) is 6.71. The normalized spacial score (nSPS) is 11.6. The van der Waals surface area contributed by atoms with E-state index >= 15 is 0 Å². The fourth-order valence-electron chi connectivity index (χ4n) is 1.83. The van der Waals surface area contributed by atoms with Crippen LogP contribution in [0.15, 0.2) is 34.1 Å². The Labute approximate surface area is 151 Å². The Morgan fingerprint density at radius 2 is 2.25 bits per heavy atom. The first-order valence-corrected chi connectivity index (χ1v) is 8.65. The van der Waals surface area contributed by atoms with Gasteiger partial charge in [0.2, 0.25) is 0 Å². The van der Waals surface area contributed by atoms with Crippen LogP contribution in [0.3, 0.4) is 0 Å². The van der Waals surface area contributed by atoms with Gasteiger partial charge in [-0.2, -0.15) is 0 Å². The Morgan fingerprint density at radius 3 is 2.96 bits per heavy atom. The van der Waals surface area contributed by atoms with E-state index in [9.17, 15) is 14.7 Å². The van der Waals surface area contributed by atoms with Crippen molar-refractivity contribution in [2.24, 2.45) is 0 Å². The highest BCUT2D eigenvalue weighted by Gasteiger charge is 2.12. The molecule has 0 fully saturated rings. The molecule has 0 aliphatic heterocycles. The lowest BCUT2D eigenvalue weighted by Gasteiger charge is -2.12. The van der Waals surface area contributed by atoms with Gasteiger partial charge in [-0.1, -0.05) is 28.1 Å².